The molecule has 2 saturated heterocycles. The molecule has 0 aliphatic carbocycles. The van der Waals surface area contributed by atoms with Gasteiger partial charge in [-0.25, -0.2) is 0 Å². The minimum absolute atomic E-state index is 0.291. The summed E-state index contributed by atoms with van der Waals surface area (Å²) in [7, 11) is 0. The lowest BCUT2D eigenvalue weighted by molar-refractivity contribution is 0.0341. The Morgan fingerprint density at radius 3 is 1.22 bits per heavy atom. The summed E-state index contributed by atoms with van der Waals surface area (Å²) in [5.74, 6) is 0. The van der Waals surface area contributed by atoms with Crippen LogP contribution in [0.25, 0.3) is 0 Å². The van der Waals surface area contributed by atoms with Crippen LogP contribution < -0.4 is 0 Å². The molecule has 2 heterocycles. The second-order valence-corrected chi connectivity index (χ2v) is 9.93. The number of halogens is 2. The number of piperazine rings is 2. The Morgan fingerprint density at radius 1 is 0.562 bits per heavy atom. The average molecular weight is 477 g/mol. The molecule has 7 heteroatoms. The highest BCUT2D eigenvalue weighted by atomic mass is 35.5. The molecule has 2 aliphatic rings. The van der Waals surface area contributed by atoms with Crippen molar-refractivity contribution in [3.63, 3.8) is 0 Å². The van der Waals surface area contributed by atoms with Crippen molar-refractivity contribution in [1.29, 1.82) is 0 Å². The Labute approximate surface area is 202 Å². The van der Waals surface area contributed by atoms with Gasteiger partial charge in [-0.05, 0) is 35.4 Å². The van der Waals surface area contributed by atoms with E-state index in [-0.39, 0.29) is 6.10 Å². The summed E-state index contributed by atoms with van der Waals surface area (Å²) in [5, 5.41) is 12.2. The van der Waals surface area contributed by atoms with E-state index in [0.29, 0.717) is 0 Å². The van der Waals surface area contributed by atoms with Gasteiger partial charge < -0.3 is 5.11 Å². The highest BCUT2D eigenvalue weighted by molar-refractivity contribution is 6.30. The fourth-order valence-corrected chi connectivity index (χ4v) is 4.86. The lowest BCUT2D eigenvalue weighted by Gasteiger charge is -2.38. The van der Waals surface area contributed by atoms with Crippen molar-refractivity contribution in [1.82, 2.24) is 19.6 Å². The largest absolute Gasteiger partial charge is 0.390 e. The Balaban J connectivity index is 1.12. The molecule has 2 fully saturated rings. The zero-order valence-corrected chi connectivity index (χ0v) is 20.2. The van der Waals surface area contributed by atoms with E-state index >= 15 is 0 Å². The third-order valence-electron chi connectivity index (χ3n) is 6.51. The fraction of sp³-hybridized carbons (Fsp3) is 0.520. The van der Waals surface area contributed by atoms with Crippen molar-refractivity contribution in [2.75, 3.05) is 65.4 Å². The van der Waals surface area contributed by atoms with Crippen molar-refractivity contribution in [3.05, 3.63) is 69.7 Å². The molecule has 0 aromatic heterocycles. The van der Waals surface area contributed by atoms with Crippen LogP contribution >= 0.6 is 23.2 Å². The second kappa shape index (κ2) is 11.8. The van der Waals surface area contributed by atoms with Crippen molar-refractivity contribution in [2.24, 2.45) is 0 Å². The zero-order chi connectivity index (χ0) is 22.3. The van der Waals surface area contributed by atoms with Crippen LogP contribution in [-0.4, -0.2) is 96.3 Å². The van der Waals surface area contributed by atoms with Gasteiger partial charge in [-0.1, -0.05) is 47.5 Å². The van der Waals surface area contributed by atoms with Crippen LogP contribution in [-0.2, 0) is 13.1 Å². The summed E-state index contributed by atoms with van der Waals surface area (Å²) in [4.78, 5) is 9.76. The van der Waals surface area contributed by atoms with Gasteiger partial charge in [0.25, 0.3) is 0 Å². The van der Waals surface area contributed by atoms with Crippen LogP contribution in [0.4, 0.5) is 0 Å². The normalized spacial score (nSPS) is 19.6. The molecule has 0 bridgehead atoms. The van der Waals surface area contributed by atoms with E-state index in [1.54, 1.807) is 0 Å². The Kier molecular flexibility index (Phi) is 8.83. The highest BCUT2D eigenvalue weighted by Gasteiger charge is 2.23. The molecule has 0 radical (unpaired) electrons. The van der Waals surface area contributed by atoms with E-state index in [1.807, 2.05) is 24.3 Å². The summed E-state index contributed by atoms with van der Waals surface area (Å²) in [6.45, 7) is 11.7. The van der Waals surface area contributed by atoms with Gasteiger partial charge in [0.15, 0.2) is 0 Å². The van der Waals surface area contributed by atoms with Gasteiger partial charge in [0, 0.05) is 88.6 Å². The number of nitrogens with zero attached hydrogens (tertiary/aromatic N) is 4. The molecule has 0 amide bonds. The van der Waals surface area contributed by atoms with Crippen LogP contribution in [0, 0.1) is 0 Å². The topological polar surface area (TPSA) is 33.2 Å². The second-order valence-electron chi connectivity index (χ2n) is 9.06. The van der Waals surface area contributed by atoms with E-state index in [2.05, 4.69) is 43.9 Å². The Morgan fingerprint density at radius 2 is 0.875 bits per heavy atom. The molecule has 0 spiro atoms. The van der Waals surface area contributed by atoms with Gasteiger partial charge in [-0.15, -0.1) is 0 Å². The quantitative estimate of drug-likeness (QED) is 0.631. The first-order valence-electron chi connectivity index (χ1n) is 11.6. The number of aliphatic hydroxyl groups excluding tert-OH is 1. The highest BCUT2D eigenvalue weighted by Crippen LogP contribution is 2.15. The molecule has 174 valence electrons. The van der Waals surface area contributed by atoms with Gasteiger partial charge >= 0.3 is 0 Å². The third kappa shape index (κ3) is 7.42. The number of β-amino-alcohol motifs (C(OH)–C–C–N with tert-alkyl or cyclic N) is 1. The fourth-order valence-electron chi connectivity index (χ4n) is 4.61. The predicted molar refractivity (Wildman–Crippen MR) is 132 cm³/mol. The first-order chi connectivity index (χ1) is 15.5. The van der Waals surface area contributed by atoms with Crippen LogP contribution in [0.1, 0.15) is 11.1 Å². The van der Waals surface area contributed by atoms with E-state index in [4.69, 9.17) is 23.2 Å². The molecule has 2 aliphatic heterocycles. The molecule has 0 unspecified atom stereocenters. The SMILES string of the molecule is OC(CN1CCN(Cc2ccc(Cl)cc2)CC1)CN1CCN(Cc2ccc(Cl)cc2)CC1. The predicted octanol–water partition coefficient (Wildman–Crippen LogP) is 3.29. The van der Waals surface area contributed by atoms with Gasteiger partial charge in [-0.2, -0.15) is 0 Å². The van der Waals surface area contributed by atoms with Gasteiger partial charge in [0.1, 0.15) is 0 Å². The molecular formula is C25H34Cl2N4O. The summed E-state index contributed by atoms with van der Waals surface area (Å²) in [5.41, 5.74) is 2.61. The van der Waals surface area contributed by atoms with Crippen molar-refractivity contribution >= 4 is 23.2 Å². The summed E-state index contributed by atoms with van der Waals surface area (Å²) in [6.07, 6.45) is -0.291. The third-order valence-corrected chi connectivity index (χ3v) is 7.01. The van der Waals surface area contributed by atoms with Gasteiger partial charge in [-0.3, -0.25) is 19.6 Å². The number of rotatable bonds is 8. The number of aliphatic hydroxyl groups is 1. The minimum atomic E-state index is -0.291. The first kappa shape index (κ1) is 24.0. The van der Waals surface area contributed by atoms with Crippen molar-refractivity contribution in [3.8, 4) is 0 Å². The molecule has 32 heavy (non-hydrogen) atoms. The van der Waals surface area contributed by atoms with Crippen LogP contribution in [0.5, 0.6) is 0 Å². The molecule has 0 atom stereocenters. The van der Waals surface area contributed by atoms with Gasteiger partial charge in [0.05, 0.1) is 6.10 Å². The molecule has 2 aromatic carbocycles. The molecule has 2 aromatic rings. The smallest absolute Gasteiger partial charge is 0.0793 e. The number of benzene rings is 2. The minimum Gasteiger partial charge on any atom is -0.390 e. The maximum atomic E-state index is 10.7. The number of hydrogen-bond acceptors (Lipinski definition) is 5. The Bertz CT molecular complexity index is 747. The molecule has 5 nitrogen and oxygen atoms in total. The van der Waals surface area contributed by atoms with Crippen LogP contribution in [0.15, 0.2) is 48.5 Å². The summed E-state index contributed by atoms with van der Waals surface area (Å²) >= 11 is 12.0. The van der Waals surface area contributed by atoms with Gasteiger partial charge in [0.2, 0.25) is 0 Å². The Hall–Kier alpha value is -1.18. The monoisotopic (exact) mass is 476 g/mol. The first-order valence-corrected chi connectivity index (χ1v) is 12.4. The van der Waals surface area contributed by atoms with E-state index < -0.39 is 0 Å². The maximum Gasteiger partial charge on any atom is 0.0793 e. The molecule has 0 saturated carbocycles. The van der Waals surface area contributed by atoms with Crippen molar-refractivity contribution < 1.29 is 5.11 Å². The molecule has 1 N–H and O–H groups in total. The molecule has 4 rings (SSSR count). The summed E-state index contributed by atoms with van der Waals surface area (Å²) < 4.78 is 0. The molecular weight excluding hydrogens is 443 g/mol. The standard InChI is InChI=1S/C25H34Cl2N4O/c26-23-5-1-21(2-6-23)17-28-9-13-30(14-10-28)19-25(32)20-31-15-11-29(12-16-31)18-22-3-7-24(27)8-4-22/h1-8,25,32H,9-20H2. The van der Waals surface area contributed by atoms with Crippen LogP contribution in [0.3, 0.4) is 0 Å². The van der Waals surface area contributed by atoms with E-state index in [9.17, 15) is 5.11 Å². The number of hydrogen-bond donors (Lipinski definition) is 1. The average Bonchev–Trinajstić information content (AvgIpc) is 2.79. The van der Waals surface area contributed by atoms with E-state index in [0.717, 1.165) is 88.6 Å². The van der Waals surface area contributed by atoms with E-state index in [1.165, 1.54) is 11.1 Å². The lowest BCUT2D eigenvalue weighted by Crippen LogP contribution is -2.52. The summed E-state index contributed by atoms with van der Waals surface area (Å²) in [6, 6.07) is 16.3. The zero-order valence-electron chi connectivity index (χ0n) is 18.7. The lowest BCUT2D eigenvalue weighted by atomic mass is 10.2. The van der Waals surface area contributed by atoms with Crippen molar-refractivity contribution in [2.45, 2.75) is 19.2 Å². The maximum absolute atomic E-state index is 10.7. The van der Waals surface area contributed by atoms with Crippen LogP contribution in [0.2, 0.25) is 10.0 Å².